The number of hydrogen-bond donors (Lipinski definition) is 1. The van der Waals surface area contributed by atoms with Gasteiger partial charge in [-0.1, -0.05) is 44.9 Å². The molecule has 0 radical (unpaired) electrons. The van der Waals surface area contributed by atoms with Crippen molar-refractivity contribution in [1.29, 1.82) is 0 Å². The number of benzene rings is 2. The average Bonchev–Trinajstić information content (AvgIpc) is 2.58. The number of hydrogen-bond acceptors (Lipinski definition) is 2. The van der Waals surface area contributed by atoms with Gasteiger partial charge in [0.05, 0.1) is 10.8 Å². The molecule has 1 unspecified atom stereocenters. The van der Waals surface area contributed by atoms with E-state index in [4.69, 9.17) is 5.11 Å². The maximum atomic E-state index is 12.4. The minimum atomic E-state index is -0.943. The molecule has 0 aliphatic rings. The fourth-order valence-corrected chi connectivity index (χ4v) is 4.56. The minimum Gasteiger partial charge on any atom is -0.481 e. The van der Waals surface area contributed by atoms with Crippen LogP contribution in [0.15, 0.2) is 35.2 Å². The fraction of sp³-hybridized carbons (Fsp3) is 0.500. The van der Waals surface area contributed by atoms with Gasteiger partial charge in [-0.3, -0.25) is 9.00 Å². The number of carboxylic acids is 1. The first-order valence-corrected chi connectivity index (χ1v) is 10.8. The summed E-state index contributed by atoms with van der Waals surface area (Å²) in [6, 6.07) is 10.5. The lowest BCUT2D eigenvalue weighted by atomic mass is 9.95. The first kappa shape index (κ1) is 20.6. The van der Waals surface area contributed by atoms with E-state index in [0.717, 1.165) is 42.4 Å². The lowest BCUT2D eigenvalue weighted by molar-refractivity contribution is -0.137. The van der Waals surface area contributed by atoms with Crippen LogP contribution in [0.2, 0.25) is 0 Å². The van der Waals surface area contributed by atoms with Crippen LogP contribution < -0.4 is 0 Å². The van der Waals surface area contributed by atoms with E-state index in [0.29, 0.717) is 11.7 Å². The number of aryl methyl sites for hydroxylation is 2. The first-order valence-electron chi connectivity index (χ1n) is 9.51. The monoisotopic (exact) mass is 374 g/mol. The maximum absolute atomic E-state index is 12.4. The Balaban J connectivity index is 2.08. The highest BCUT2D eigenvalue weighted by atomic mass is 32.2. The van der Waals surface area contributed by atoms with Crippen LogP contribution in [-0.4, -0.2) is 21.0 Å². The van der Waals surface area contributed by atoms with Gasteiger partial charge in [0, 0.05) is 17.1 Å². The second-order valence-electron chi connectivity index (χ2n) is 7.46. The molecule has 0 aromatic heterocycles. The topological polar surface area (TPSA) is 54.4 Å². The zero-order valence-electron chi connectivity index (χ0n) is 16.1. The zero-order valence-corrected chi connectivity index (χ0v) is 16.9. The van der Waals surface area contributed by atoms with Gasteiger partial charge in [0.25, 0.3) is 0 Å². The Morgan fingerprint density at radius 1 is 1.08 bits per heavy atom. The average molecular weight is 375 g/mol. The molecule has 0 aliphatic heterocycles. The highest BCUT2D eigenvalue weighted by Gasteiger charge is 2.10. The summed E-state index contributed by atoms with van der Waals surface area (Å²) in [4.78, 5) is 11.5. The van der Waals surface area contributed by atoms with E-state index in [1.807, 2.05) is 6.07 Å². The second-order valence-corrected chi connectivity index (χ2v) is 8.95. The van der Waals surface area contributed by atoms with Crippen LogP contribution in [0.4, 0.5) is 0 Å². The molecule has 0 saturated heterocycles. The molecule has 4 heteroatoms. The van der Waals surface area contributed by atoms with E-state index in [9.17, 15) is 9.00 Å². The van der Waals surface area contributed by atoms with E-state index in [1.54, 1.807) is 0 Å². The Morgan fingerprint density at radius 2 is 1.81 bits per heavy atom. The van der Waals surface area contributed by atoms with Crippen molar-refractivity contribution in [3.8, 4) is 0 Å². The third kappa shape index (κ3) is 5.94. The Bertz CT molecular complexity index is 780. The number of carbonyl (C=O) groups is 1. The van der Waals surface area contributed by atoms with E-state index in [-0.39, 0.29) is 6.42 Å². The summed E-state index contributed by atoms with van der Waals surface area (Å²) in [6.45, 7) is 6.33. The van der Waals surface area contributed by atoms with Crippen LogP contribution in [0.1, 0.15) is 57.1 Å². The summed E-state index contributed by atoms with van der Waals surface area (Å²) in [6.07, 6.45) is 5.12. The first-order chi connectivity index (χ1) is 12.4. The van der Waals surface area contributed by atoms with Gasteiger partial charge in [-0.25, -0.2) is 0 Å². The van der Waals surface area contributed by atoms with E-state index in [1.165, 1.54) is 16.5 Å². The molecule has 0 saturated carbocycles. The minimum absolute atomic E-state index is 0.267. The van der Waals surface area contributed by atoms with Crippen molar-refractivity contribution in [2.24, 2.45) is 5.92 Å². The van der Waals surface area contributed by atoms with Gasteiger partial charge in [0.1, 0.15) is 0 Å². The summed E-state index contributed by atoms with van der Waals surface area (Å²) >= 11 is 0. The summed E-state index contributed by atoms with van der Waals surface area (Å²) < 4.78 is 12.4. The number of unbranched alkanes of at least 4 members (excludes halogenated alkanes) is 3. The SMILES string of the molecule is Cc1ccc2cc(S(=O)CC(C)C)ccc2c1CCCCCCC(=O)O. The van der Waals surface area contributed by atoms with Crippen LogP contribution in [0.5, 0.6) is 0 Å². The molecule has 1 N–H and O–H groups in total. The molecule has 0 amide bonds. The van der Waals surface area contributed by atoms with Gasteiger partial charge in [-0.15, -0.1) is 0 Å². The van der Waals surface area contributed by atoms with Crippen molar-refractivity contribution in [3.63, 3.8) is 0 Å². The zero-order chi connectivity index (χ0) is 19.1. The normalized spacial score (nSPS) is 12.6. The molecule has 0 spiro atoms. The standard InChI is InChI=1S/C22H30O3S/c1-16(2)15-26(25)19-12-13-21-18(14-19)11-10-17(3)20(21)8-6-4-5-7-9-22(23)24/h10-14,16H,4-9,15H2,1-3H3,(H,23,24). The number of aliphatic carboxylic acids is 1. The molecule has 142 valence electrons. The van der Waals surface area contributed by atoms with Gasteiger partial charge in [-0.2, -0.15) is 0 Å². The quantitative estimate of drug-likeness (QED) is 0.560. The van der Waals surface area contributed by atoms with Crippen LogP contribution in [0, 0.1) is 12.8 Å². The highest BCUT2D eigenvalue weighted by molar-refractivity contribution is 7.85. The van der Waals surface area contributed by atoms with Crippen molar-refractivity contribution in [2.75, 3.05) is 5.75 Å². The number of carboxylic acid groups (broad SMARTS) is 1. The second kappa shape index (κ2) is 9.86. The molecule has 1 atom stereocenters. The van der Waals surface area contributed by atoms with Gasteiger partial charge < -0.3 is 5.11 Å². The van der Waals surface area contributed by atoms with Gasteiger partial charge >= 0.3 is 5.97 Å². The van der Waals surface area contributed by atoms with Crippen molar-refractivity contribution in [2.45, 2.75) is 64.2 Å². The lowest BCUT2D eigenvalue weighted by Gasteiger charge is -2.12. The van der Waals surface area contributed by atoms with Crippen LogP contribution in [-0.2, 0) is 22.0 Å². The summed E-state index contributed by atoms with van der Waals surface area (Å²) in [5.74, 6) is 0.405. The third-order valence-corrected chi connectivity index (χ3v) is 6.40. The van der Waals surface area contributed by atoms with Crippen molar-refractivity contribution in [1.82, 2.24) is 0 Å². The maximum Gasteiger partial charge on any atom is 0.303 e. The molecule has 2 aromatic carbocycles. The molecule has 0 aliphatic carbocycles. The Morgan fingerprint density at radius 3 is 2.50 bits per heavy atom. The summed E-state index contributed by atoms with van der Waals surface area (Å²) in [5.41, 5.74) is 2.65. The van der Waals surface area contributed by atoms with Crippen LogP contribution in [0.25, 0.3) is 10.8 Å². The molecule has 3 nitrogen and oxygen atoms in total. The Labute approximate surface area is 159 Å². The highest BCUT2D eigenvalue weighted by Crippen LogP contribution is 2.26. The summed E-state index contributed by atoms with van der Waals surface area (Å²) in [5, 5.41) is 11.1. The molecule has 0 fully saturated rings. The number of fused-ring (bicyclic) bond motifs is 1. The molecule has 0 heterocycles. The van der Waals surface area contributed by atoms with Gasteiger partial charge in [-0.05, 0) is 66.1 Å². The lowest BCUT2D eigenvalue weighted by Crippen LogP contribution is -2.04. The predicted molar refractivity (Wildman–Crippen MR) is 109 cm³/mol. The van der Waals surface area contributed by atoms with Gasteiger partial charge in [0.2, 0.25) is 0 Å². The number of rotatable bonds is 10. The Hall–Kier alpha value is -1.68. The van der Waals surface area contributed by atoms with Crippen molar-refractivity contribution < 1.29 is 14.1 Å². The van der Waals surface area contributed by atoms with Crippen molar-refractivity contribution >= 4 is 27.5 Å². The predicted octanol–water partition coefficient (Wildman–Crippen LogP) is 5.49. The van der Waals surface area contributed by atoms with E-state index in [2.05, 4.69) is 45.0 Å². The molecule has 2 aromatic rings. The smallest absolute Gasteiger partial charge is 0.303 e. The Kier molecular flexibility index (Phi) is 7.83. The van der Waals surface area contributed by atoms with Crippen LogP contribution >= 0.6 is 0 Å². The third-order valence-electron chi connectivity index (χ3n) is 4.65. The molecule has 26 heavy (non-hydrogen) atoms. The van der Waals surface area contributed by atoms with Gasteiger partial charge in [0.15, 0.2) is 0 Å². The molecule has 2 rings (SSSR count). The molecular weight excluding hydrogens is 344 g/mol. The van der Waals surface area contributed by atoms with Crippen molar-refractivity contribution in [3.05, 3.63) is 41.5 Å². The molecule has 0 bridgehead atoms. The van der Waals surface area contributed by atoms with Crippen LogP contribution in [0.3, 0.4) is 0 Å². The molecular formula is C22H30O3S. The largest absolute Gasteiger partial charge is 0.481 e. The fourth-order valence-electron chi connectivity index (χ4n) is 3.29. The summed E-state index contributed by atoms with van der Waals surface area (Å²) in [7, 11) is -0.943. The van der Waals surface area contributed by atoms with E-state index >= 15 is 0 Å². The van der Waals surface area contributed by atoms with E-state index < -0.39 is 16.8 Å².